The van der Waals surface area contributed by atoms with E-state index in [-0.39, 0.29) is 72.5 Å². The molecule has 0 fully saturated rings. The Morgan fingerprint density at radius 2 is 1.00 bits per heavy atom. The molecule has 0 saturated carbocycles. The second-order valence-corrected chi connectivity index (χ2v) is 0.283. The zero-order chi connectivity index (χ0) is 3.58. The van der Waals surface area contributed by atoms with Crippen LogP contribution in [0, 0.1) is 0 Å². The van der Waals surface area contributed by atoms with Gasteiger partial charge in [-0.25, -0.2) is 4.79 Å². The number of carbonyl (C=O) groups is 1. The first-order valence-corrected chi connectivity index (χ1v) is 0.651. The molecule has 46 valence electrons. The Morgan fingerprint density at radius 3 is 1.00 bits per heavy atom. The van der Waals surface area contributed by atoms with E-state index in [1.165, 1.54) is 0 Å². The van der Waals surface area contributed by atoms with E-state index in [1.54, 1.807) is 0 Å². The van der Waals surface area contributed by atoms with Gasteiger partial charge in [0.05, 0.1) is 0 Å². The molecule has 2 radical (unpaired) electrons. The predicted molar refractivity (Wildman–Crippen MR) is 10.7 cm³/mol. The normalized spacial score (nSPS) is 3.00. The van der Waals surface area contributed by atoms with E-state index in [2.05, 4.69) is 0 Å². The van der Waals surface area contributed by atoms with Crippen molar-refractivity contribution < 1.29 is 87.5 Å². The Balaban J connectivity index is -0.00000000750. The molecular formula is CH2Co2O3Zn2. The van der Waals surface area contributed by atoms with Crippen molar-refractivity contribution in [2.75, 3.05) is 0 Å². The fourth-order valence-corrected chi connectivity index (χ4v) is 0. The van der Waals surface area contributed by atoms with Crippen LogP contribution in [0.25, 0.3) is 0 Å². The van der Waals surface area contributed by atoms with Gasteiger partial charge in [-0.15, -0.1) is 0 Å². The minimum atomic E-state index is -1.83. The topological polar surface area (TPSA) is 57.5 Å². The minimum Gasteiger partial charge on any atom is -0.450 e. The zero-order valence-electron chi connectivity index (χ0n) is 3.88. The molecule has 0 aromatic rings. The largest absolute Gasteiger partial charge is 0.503 e. The van der Waals surface area contributed by atoms with Crippen LogP contribution in [0.15, 0.2) is 0 Å². The van der Waals surface area contributed by atoms with Crippen LogP contribution in [0.2, 0.25) is 0 Å². The third-order valence-corrected chi connectivity index (χ3v) is 0. The average Bonchev–Trinajstić information content (AvgIpc) is 0.811. The van der Waals surface area contributed by atoms with Crippen molar-refractivity contribution in [2.24, 2.45) is 0 Å². The Labute approximate surface area is 92.9 Å². The smallest absolute Gasteiger partial charge is 0.450 e. The van der Waals surface area contributed by atoms with Crippen LogP contribution in [0.1, 0.15) is 0 Å². The molecule has 0 amide bonds. The van der Waals surface area contributed by atoms with Crippen LogP contribution in [-0.2, 0) is 72.5 Å². The molecule has 7 heteroatoms. The van der Waals surface area contributed by atoms with Crippen LogP contribution in [0.3, 0.4) is 0 Å². The molecule has 0 aliphatic rings. The van der Waals surface area contributed by atoms with Gasteiger partial charge >= 0.3 is 6.16 Å². The van der Waals surface area contributed by atoms with E-state index in [4.69, 9.17) is 15.0 Å². The Morgan fingerprint density at radius 1 is 1.00 bits per heavy atom. The standard InChI is InChI=1S/CH2O3.2Co.2Zn/c2-1(3)4;;;;/h(H2,2,3,4);;;;. The van der Waals surface area contributed by atoms with Crippen LogP contribution < -0.4 is 0 Å². The second kappa shape index (κ2) is 23.6. The summed E-state index contributed by atoms with van der Waals surface area (Å²) in [5, 5.41) is 13.9. The molecule has 8 heavy (non-hydrogen) atoms. The first-order chi connectivity index (χ1) is 1.73. The second-order valence-electron chi connectivity index (χ2n) is 0.283. The number of rotatable bonds is 0. The summed E-state index contributed by atoms with van der Waals surface area (Å²) < 4.78 is 0. The summed E-state index contributed by atoms with van der Waals surface area (Å²) in [7, 11) is 0. The Kier molecular flexibility index (Phi) is 99.6. The zero-order valence-corrected chi connectivity index (χ0v) is 11.9. The van der Waals surface area contributed by atoms with Crippen LogP contribution in [0.5, 0.6) is 0 Å². The van der Waals surface area contributed by atoms with E-state index in [0.29, 0.717) is 0 Å². The predicted octanol–water partition coefficient (Wildman–Crippen LogP) is 0.212. The number of carboxylic acid groups (broad SMARTS) is 2. The third kappa shape index (κ3) is 137. The van der Waals surface area contributed by atoms with Gasteiger partial charge in [-0.2, -0.15) is 0 Å². The van der Waals surface area contributed by atoms with E-state index < -0.39 is 6.16 Å². The first-order valence-electron chi connectivity index (χ1n) is 0.651. The third-order valence-electron chi connectivity index (χ3n) is 0. The Bertz CT molecular complexity index is 38.3. The maximum atomic E-state index is 8.56. The molecule has 0 rings (SSSR count). The molecule has 2 N–H and O–H groups in total. The summed E-state index contributed by atoms with van der Waals surface area (Å²) in [6, 6.07) is 0. The van der Waals surface area contributed by atoms with Gasteiger partial charge in [0.15, 0.2) is 0 Å². The summed E-state index contributed by atoms with van der Waals surface area (Å²) in [4.78, 5) is 8.56. The van der Waals surface area contributed by atoms with Crippen molar-refractivity contribution in [1.82, 2.24) is 0 Å². The van der Waals surface area contributed by atoms with Gasteiger partial charge in [0, 0.05) is 72.5 Å². The van der Waals surface area contributed by atoms with Crippen molar-refractivity contribution in [1.29, 1.82) is 0 Å². The van der Waals surface area contributed by atoms with Crippen LogP contribution in [0.4, 0.5) is 4.79 Å². The molecular weight excluding hydrogens is 309 g/mol. The van der Waals surface area contributed by atoms with E-state index in [1.807, 2.05) is 0 Å². The van der Waals surface area contributed by atoms with Gasteiger partial charge < -0.3 is 10.2 Å². The molecule has 0 aromatic heterocycles. The average molecular weight is 311 g/mol. The molecule has 0 aromatic carbocycles. The minimum absolute atomic E-state index is 0. The fraction of sp³-hybridized carbons (Fsp3) is 0. The van der Waals surface area contributed by atoms with Crippen molar-refractivity contribution in [3.05, 3.63) is 0 Å². The van der Waals surface area contributed by atoms with Crippen LogP contribution >= 0.6 is 0 Å². The summed E-state index contributed by atoms with van der Waals surface area (Å²) in [6.45, 7) is 0. The molecule has 0 atom stereocenters. The van der Waals surface area contributed by atoms with Gasteiger partial charge in [0.25, 0.3) is 0 Å². The molecule has 0 heterocycles. The number of hydrogen-bond donors (Lipinski definition) is 2. The maximum absolute atomic E-state index is 8.56. The first kappa shape index (κ1) is 33.8. The molecule has 0 saturated heterocycles. The molecule has 0 aliphatic heterocycles. The summed E-state index contributed by atoms with van der Waals surface area (Å²) in [5.74, 6) is 0. The molecule has 3 nitrogen and oxygen atoms in total. The van der Waals surface area contributed by atoms with Gasteiger partial charge in [0.2, 0.25) is 0 Å². The molecule has 0 spiro atoms. The number of hydrogen-bond acceptors (Lipinski definition) is 1. The van der Waals surface area contributed by atoms with Crippen molar-refractivity contribution in [3.8, 4) is 0 Å². The maximum Gasteiger partial charge on any atom is 0.503 e. The fourth-order valence-electron chi connectivity index (χ4n) is 0. The summed E-state index contributed by atoms with van der Waals surface area (Å²) in [6.07, 6.45) is -1.83. The van der Waals surface area contributed by atoms with E-state index >= 15 is 0 Å². The van der Waals surface area contributed by atoms with E-state index in [0.717, 1.165) is 0 Å². The molecule has 0 bridgehead atoms. The van der Waals surface area contributed by atoms with Gasteiger partial charge in [-0.1, -0.05) is 0 Å². The van der Waals surface area contributed by atoms with Gasteiger partial charge in [-0.3, -0.25) is 0 Å². The molecule has 0 aliphatic carbocycles. The molecule has 0 unspecified atom stereocenters. The van der Waals surface area contributed by atoms with Crippen molar-refractivity contribution >= 4 is 6.16 Å². The van der Waals surface area contributed by atoms with Crippen molar-refractivity contribution in [2.45, 2.75) is 0 Å². The monoisotopic (exact) mass is 308 g/mol. The quantitative estimate of drug-likeness (QED) is 0.629. The SMILES string of the molecule is O=C(O)O.[Co].[Co].[Zn].[Zn]. The van der Waals surface area contributed by atoms with Crippen LogP contribution in [-0.4, -0.2) is 16.4 Å². The Hall–Kier alpha value is 1.53. The van der Waals surface area contributed by atoms with E-state index in [9.17, 15) is 0 Å². The van der Waals surface area contributed by atoms with Gasteiger partial charge in [-0.05, 0) is 0 Å². The van der Waals surface area contributed by atoms with Gasteiger partial charge in [0.1, 0.15) is 0 Å². The summed E-state index contributed by atoms with van der Waals surface area (Å²) >= 11 is 0. The van der Waals surface area contributed by atoms with Crippen molar-refractivity contribution in [3.63, 3.8) is 0 Å². The summed E-state index contributed by atoms with van der Waals surface area (Å²) in [5.41, 5.74) is 0.